The number of rotatable bonds is 5. The Hall–Kier alpha value is -2.57. The minimum absolute atomic E-state index is 0.0287. The number of hydrogen-bond donors (Lipinski definition) is 2. The van der Waals surface area contributed by atoms with Crippen molar-refractivity contribution in [3.63, 3.8) is 0 Å². The minimum atomic E-state index is -0.396. The zero-order chi connectivity index (χ0) is 20.1. The molecule has 2 aliphatic heterocycles. The zero-order valence-electron chi connectivity index (χ0n) is 16.5. The molecule has 4 rings (SSSR count). The monoisotopic (exact) mass is 396 g/mol. The highest BCUT2D eigenvalue weighted by Gasteiger charge is 2.43. The van der Waals surface area contributed by atoms with Gasteiger partial charge in [-0.3, -0.25) is 4.90 Å². The molecule has 2 aromatic carbocycles. The Morgan fingerprint density at radius 3 is 2.86 bits per heavy atom. The van der Waals surface area contributed by atoms with Gasteiger partial charge in [0.05, 0.1) is 18.2 Å². The van der Waals surface area contributed by atoms with Crippen molar-refractivity contribution in [1.29, 1.82) is 0 Å². The molecule has 0 bridgehead atoms. The first-order valence-corrected chi connectivity index (χ1v) is 10.2. The van der Waals surface area contributed by atoms with Crippen LogP contribution in [0.15, 0.2) is 54.6 Å². The summed E-state index contributed by atoms with van der Waals surface area (Å²) in [6.07, 6.45) is 2.46. The number of phenolic OH excluding ortho intramolecular Hbond substituents is 1. The van der Waals surface area contributed by atoms with Crippen molar-refractivity contribution in [3.05, 3.63) is 65.7 Å². The molecular formula is C23H28N2O4. The fraction of sp³-hybridized carbons (Fsp3) is 0.435. The molecule has 2 heterocycles. The number of nitrogens with one attached hydrogen (secondary N) is 1. The lowest BCUT2D eigenvalue weighted by Crippen LogP contribution is -2.48. The number of aromatic hydroxyl groups is 1. The highest BCUT2D eigenvalue weighted by atomic mass is 16.6. The number of carbonyl (C=O) groups is 1. The maximum absolute atomic E-state index is 12.2. The smallest absolute Gasteiger partial charge is 0.407 e. The van der Waals surface area contributed by atoms with Gasteiger partial charge in [0, 0.05) is 19.5 Å². The molecule has 0 aliphatic carbocycles. The molecule has 1 amide bonds. The molecule has 2 fully saturated rings. The number of alkyl carbamates (subject to hydrolysis) is 1. The maximum atomic E-state index is 12.2. The third-order valence-electron chi connectivity index (χ3n) is 5.68. The summed E-state index contributed by atoms with van der Waals surface area (Å²) in [5, 5.41) is 12.6. The average molecular weight is 396 g/mol. The van der Waals surface area contributed by atoms with Crippen molar-refractivity contribution in [1.82, 2.24) is 10.2 Å². The molecule has 6 nitrogen and oxygen atoms in total. The van der Waals surface area contributed by atoms with Crippen LogP contribution in [0.25, 0.3) is 0 Å². The number of piperidine rings is 1. The van der Waals surface area contributed by atoms with Crippen LogP contribution in [0.2, 0.25) is 0 Å². The second-order valence-electron chi connectivity index (χ2n) is 8.09. The summed E-state index contributed by atoms with van der Waals surface area (Å²) < 4.78 is 11.5. The molecular weight excluding hydrogens is 368 g/mol. The van der Waals surface area contributed by atoms with Gasteiger partial charge in [0.15, 0.2) is 0 Å². The molecule has 2 unspecified atom stereocenters. The van der Waals surface area contributed by atoms with E-state index < -0.39 is 6.09 Å². The largest absolute Gasteiger partial charge is 0.508 e. The molecule has 1 spiro atoms. The standard InChI is InChI=1S/C23H28N2O4/c26-21-9-4-8-19(12-21)14-25-11-5-10-23(17-25)13-20(16-29-23)24-22(27)28-15-18-6-2-1-3-7-18/h1-4,6-9,12,20,26H,5,10-11,13-17H2,(H,24,27). The molecule has 2 atom stereocenters. The molecule has 6 heteroatoms. The molecule has 0 saturated carbocycles. The summed E-state index contributed by atoms with van der Waals surface area (Å²) in [6, 6.07) is 17.0. The van der Waals surface area contributed by atoms with Crippen LogP contribution in [0.3, 0.4) is 0 Å². The Morgan fingerprint density at radius 2 is 2.03 bits per heavy atom. The highest BCUT2D eigenvalue weighted by Crippen LogP contribution is 2.35. The number of phenols is 1. The Labute approximate surface area is 171 Å². The summed E-state index contributed by atoms with van der Waals surface area (Å²) >= 11 is 0. The van der Waals surface area contributed by atoms with Crippen molar-refractivity contribution in [2.24, 2.45) is 0 Å². The van der Waals surface area contributed by atoms with Gasteiger partial charge in [0.1, 0.15) is 12.4 Å². The van der Waals surface area contributed by atoms with Gasteiger partial charge in [-0.25, -0.2) is 4.79 Å². The maximum Gasteiger partial charge on any atom is 0.407 e. The quantitative estimate of drug-likeness (QED) is 0.810. The molecule has 2 N–H and O–H groups in total. The van der Waals surface area contributed by atoms with Gasteiger partial charge in [-0.05, 0) is 42.6 Å². The molecule has 2 aliphatic rings. The summed E-state index contributed by atoms with van der Waals surface area (Å²) in [5.74, 6) is 0.296. The van der Waals surface area contributed by atoms with Gasteiger partial charge < -0.3 is 19.9 Å². The van der Waals surface area contributed by atoms with E-state index in [1.165, 1.54) is 0 Å². The SMILES string of the molecule is O=C(NC1COC2(CCCN(Cc3cccc(O)c3)C2)C1)OCc1ccccc1. The van der Waals surface area contributed by atoms with E-state index in [0.717, 1.165) is 50.0 Å². The molecule has 0 radical (unpaired) electrons. The lowest BCUT2D eigenvalue weighted by atomic mass is 9.88. The second kappa shape index (κ2) is 8.84. The van der Waals surface area contributed by atoms with Crippen molar-refractivity contribution in [2.45, 2.75) is 44.1 Å². The summed E-state index contributed by atoms with van der Waals surface area (Å²) in [4.78, 5) is 14.5. The van der Waals surface area contributed by atoms with E-state index >= 15 is 0 Å². The first-order valence-electron chi connectivity index (χ1n) is 10.2. The number of carbonyl (C=O) groups excluding carboxylic acids is 1. The summed E-state index contributed by atoms with van der Waals surface area (Å²) in [5.41, 5.74) is 1.85. The van der Waals surface area contributed by atoms with E-state index in [2.05, 4.69) is 10.2 Å². The number of benzene rings is 2. The fourth-order valence-corrected chi connectivity index (χ4v) is 4.39. The van der Waals surface area contributed by atoms with E-state index in [9.17, 15) is 9.90 Å². The van der Waals surface area contributed by atoms with Gasteiger partial charge in [0.25, 0.3) is 0 Å². The van der Waals surface area contributed by atoms with Gasteiger partial charge in [0.2, 0.25) is 0 Å². The van der Waals surface area contributed by atoms with Crippen LogP contribution in [0.4, 0.5) is 4.79 Å². The van der Waals surface area contributed by atoms with Gasteiger partial charge in [-0.15, -0.1) is 0 Å². The number of nitrogens with zero attached hydrogens (tertiary/aromatic N) is 1. The topological polar surface area (TPSA) is 71.0 Å². The van der Waals surface area contributed by atoms with Gasteiger partial charge in [-0.2, -0.15) is 0 Å². The first kappa shape index (κ1) is 19.7. The van der Waals surface area contributed by atoms with Crippen LogP contribution in [0.1, 0.15) is 30.4 Å². The van der Waals surface area contributed by atoms with Crippen LogP contribution in [-0.4, -0.2) is 47.4 Å². The second-order valence-corrected chi connectivity index (χ2v) is 8.09. The predicted octanol–water partition coefficient (Wildman–Crippen LogP) is 3.44. The minimum Gasteiger partial charge on any atom is -0.508 e. The lowest BCUT2D eigenvalue weighted by Gasteiger charge is -2.39. The predicted molar refractivity (Wildman–Crippen MR) is 109 cm³/mol. The lowest BCUT2D eigenvalue weighted by molar-refractivity contribution is -0.0534. The van der Waals surface area contributed by atoms with E-state index in [1.54, 1.807) is 6.07 Å². The van der Waals surface area contributed by atoms with Crippen LogP contribution in [0, 0.1) is 0 Å². The van der Waals surface area contributed by atoms with E-state index in [4.69, 9.17) is 9.47 Å². The van der Waals surface area contributed by atoms with Crippen molar-refractivity contribution < 1.29 is 19.4 Å². The first-order chi connectivity index (χ1) is 14.1. The zero-order valence-corrected chi connectivity index (χ0v) is 16.5. The normalized spacial score (nSPS) is 24.5. The molecule has 0 aromatic heterocycles. The Morgan fingerprint density at radius 1 is 1.21 bits per heavy atom. The Bertz CT molecular complexity index is 829. The average Bonchev–Trinajstić information content (AvgIpc) is 3.08. The van der Waals surface area contributed by atoms with Gasteiger partial charge >= 0.3 is 6.09 Å². The third kappa shape index (κ3) is 5.28. The third-order valence-corrected chi connectivity index (χ3v) is 5.68. The van der Waals surface area contributed by atoms with Crippen LogP contribution in [0.5, 0.6) is 5.75 Å². The van der Waals surface area contributed by atoms with Crippen LogP contribution >= 0.6 is 0 Å². The molecule has 2 saturated heterocycles. The van der Waals surface area contributed by atoms with Crippen molar-refractivity contribution >= 4 is 6.09 Å². The Balaban J connectivity index is 1.27. The van der Waals surface area contributed by atoms with Crippen molar-refractivity contribution in [2.75, 3.05) is 19.7 Å². The molecule has 2 aromatic rings. The van der Waals surface area contributed by atoms with Crippen LogP contribution in [-0.2, 0) is 22.6 Å². The fourth-order valence-electron chi connectivity index (χ4n) is 4.39. The van der Waals surface area contributed by atoms with E-state index in [0.29, 0.717) is 12.4 Å². The highest BCUT2D eigenvalue weighted by molar-refractivity contribution is 5.67. The number of ether oxygens (including phenoxy) is 2. The number of hydrogen-bond acceptors (Lipinski definition) is 5. The molecule has 29 heavy (non-hydrogen) atoms. The summed E-state index contributed by atoms with van der Waals surface area (Å²) in [7, 11) is 0. The Kier molecular flexibility index (Phi) is 6.02. The van der Waals surface area contributed by atoms with Crippen LogP contribution < -0.4 is 5.32 Å². The van der Waals surface area contributed by atoms with Crippen molar-refractivity contribution in [3.8, 4) is 5.75 Å². The van der Waals surface area contributed by atoms with E-state index in [-0.39, 0.29) is 18.2 Å². The van der Waals surface area contributed by atoms with Gasteiger partial charge in [-0.1, -0.05) is 42.5 Å². The van der Waals surface area contributed by atoms with E-state index in [1.807, 2.05) is 48.5 Å². The number of amides is 1. The molecule has 154 valence electrons. The summed E-state index contributed by atoms with van der Waals surface area (Å²) in [6.45, 7) is 3.41. The number of likely N-dealkylation sites (tertiary alicyclic amines) is 1.